The van der Waals surface area contributed by atoms with Crippen LogP contribution in [0.1, 0.15) is 98.8 Å². The van der Waals surface area contributed by atoms with Crippen LogP contribution in [0.15, 0.2) is 11.6 Å². The number of hydrogen-bond donors (Lipinski definition) is 4. The quantitative estimate of drug-likeness (QED) is 0.347. The number of carbonyl (C=O) groups excluding carboxylic acids is 1. The first-order valence-corrected chi connectivity index (χ1v) is 16.1. The summed E-state index contributed by atoms with van der Waals surface area (Å²) in [5.74, 6) is 3.42. The summed E-state index contributed by atoms with van der Waals surface area (Å²) in [6.07, 6.45) is 6.21. The second kappa shape index (κ2) is 11.7. The predicted octanol–water partition coefficient (Wildman–Crippen LogP) is 4.39. The lowest BCUT2D eigenvalue weighted by Crippen LogP contribution is -2.60. The lowest BCUT2D eigenvalue weighted by atomic mass is 9.46. The summed E-state index contributed by atoms with van der Waals surface area (Å²) in [5, 5.41) is 40.3. The van der Waals surface area contributed by atoms with Gasteiger partial charge in [-0.25, -0.2) is 0 Å². The lowest BCUT2D eigenvalue weighted by Gasteiger charge is -2.58. The minimum absolute atomic E-state index is 0.0316. The van der Waals surface area contributed by atoms with Crippen molar-refractivity contribution >= 4 is 5.78 Å². The van der Waals surface area contributed by atoms with E-state index in [0.29, 0.717) is 35.9 Å². The Kier molecular flexibility index (Phi) is 8.95. The molecule has 40 heavy (non-hydrogen) atoms. The Hall–Kier alpha value is -0.830. The van der Waals surface area contributed by atoms with Crippen molar-refractivity contribution in [3.63, 3.8) is 0 Å². The molecule has 0 aromatic carbocycles. The van der Waals surface area contributed by atoms with Gasteiger partial charge in [0, 0.05) is 5.92 Å². The molecule has 0 bridgehead atoms. The van der Waals surface area contributed by atoms with E-state index in [4.69, 9.17) is 9.47 Å². The van der Waals surface area contributed by atoms with Gasteiger partial charge in [0.15, 0.2) is 12.1 Å². The summed E-state index contributed by atoms with van der Waals surface area (Å²) in [6, 6.07) is 0. The number of rotatable bonds is 8. The largest absolute Gasteiger partial charge is 0.394 e. The number of fused-ring (bicyclic) bond motifs is 5. The van der Waals surface area contributed by atoms with E-state index in [1.54, 1.807) is 0 Å². The van der Waals surface area contributed by atoms with Gasteiger partial charge >= 0.3 is 0 Å². The maximum absolute atomic E-state index is 13.9. The highest BCUT2D eigenvalue weighted by Gasteiger charge is 2.61. The Morgan fingerprint density at radius 1 is 0.975 bits per heavy atom. The summed E-state index contributed by atoms with van der Waals surface area (Å²) in [4.78, 5) is 13.9. The molecule has 228 valence electrons. The molecule has 1 heterocycles. The van der Waals surface area contributed by atoms with Crippen molar-refractivity contribution < 1.29 is 34.7 Å². The second-order valence-electron chi connectivity index (χ2n) is 15.0. The molecule has 0 radical (unpaired) electrons. The average Bonchev–Trinajstić information content (AvgIpc) is 3.26. The molecule has 0 aromatic heterocycles. The fourth-order valence-electron chi connectivity index (χ4n) is 9.88. The van der Waals surface area contributed by atoms with Gasteiger partial charge in [-0.15, -0.1) is 0 Å². The van der Waals surface area contributed by atoms with Crippen molar-refractivity contribution in [1.29, 1.82) is 0 Å². The molecule has 4 aliphatic carbocycles. The number of allylic oxidation sites excluding steroid dienone is 1. The van der Waals surface area contributed by atoms with Gasteiger partial charge in [0.1, 0.15) is 24.4 Å². The number of ketones is 1. The van der Waals surface area contributed by atoms with Gasteiger partial charge in [-0.3, -0.25) is 4.79 Å². The Labute approximate surface area is 240 Å². The molecule has 3 saturated carbocycles. The van der Waals surface area contributed by atoms with Gasteiger partial charge < -0.3 is 29.9 Å². The fourth-order valence-corrected chi connectivity index (χ4v) is 9.88. The van der Waals surface area contributed by atoms with Crippen molar-refractivity contribution in [2.75, 3.05) is 6.61 Å². The van der Waals surface area contributed by atoms with Crippen molar-refractivity contribution in [3.05, 3.63) is 11.6 Å². The first-order valence-electron chi connectivity index (χ1n) is 16.1. The predicted molar refractivity (Wildman–Crippen MR) is 152 cm³/mol. The normalized spacial score (nSPS) is 47.9. The third kappa shape index (κ3) is 5.26. The molecule has 13 atom stereocenters. The molecular formula is C33H54O7. The maximum Gasteiger partial charge on any atom is 0.186 e. The number of carbonyl (C=O) groups is 1. The van der Waals surface area contributed by atoms with Gasteiger partial charge in [0.2, 0.25) is 0 Å². The lowest BCUT2D eigenvalue weighted by molar-refractivity contribution is -0.313. The minimum atomic E-state index is -1.45. The molecule has 1 saturated heterocycles. The molecule has 0 unspecified atom stereocenters. The third-order valence-corrected chi connectivity index (χ3v) is 12.3. The van der Waals surface area contributed by atoms with Crippen LogP contribution in [-0.2, 0) is 14.3 Å². The number of hydrogen-bond acceptors (Lipinski definition) is 7. The molecule has 0 spiro atoms. The summed E-state index contributed by atoms with van der Waals surface area (Å²) in [6.45, 7) is 11.5. The molecule has 5 aliphatic rings. The molecule has 4 fully saturated rings. The van der Waals surface area contributed by atoms with Crippen LogP contribution in [0, 0.1) is 46.3 Å². The summed E-state index contributed by atoms with van der Waals surface area (Å²) >= 11 is 0. The molecule has 0 aromatic rings. The van der Waals surface area contributed by atoms with Gasteiger partial charge in [0.25, 0.3) is 0 Å². The summed E-state index contributed by atoms with van der Waals surface area (Å²) in [7, 11) is 0. The Bertz CT molecular complexity index is 947. The zero-order valence-electron chi connectivity index (χ0n) is 25.3. The highest BCUT2D eigenvalue weighted by atomic mass is 16.7. The number of aliphatic hydroxyl groups excluding tert-OH is 4. The Morgan fingerprint density at radius 3 is 2.42 bits per heavy atom. The number of ether oxygens (including phenoxy) is 2. The topological polar surface area (TPSA) is 116 Å². The Morgan fingerprint density at radius 2 is 1.73 bits per heavy atom. The first kappa shape index (κ1) is 30.6. The summed E-state index contributed by atoms with van der Waals surface area (Å²) in [5.41, 5.74) is 1.37. The highest BCUT2D eigenvalue weighted by molar-refractivity contribution is 5.94. The van der Waals surface area contributed by atoms with E-state index in [1.807, 2.05) is 6.08 Å². The van der Waals surface area contributed by atoms with Crippen LogP contribution in [0.5, 0.6) is 0 Å². The first-order chi connectivity index (χ1) is 18.9. The fraction of sp³-hybridized carbons (Fsp3) is 0.909. The molecule has 5 rings (SSSR count). The van der Waals surface area contributed by atoms with Crippen molar-refractivity contribution in [2.45, 2.75) is 136 Å². The van der Waals surface area contributed by atoms with Crippen LogP contribution in [0.3, 0.4) is 0 Å². The summed E-state index contributed by atoms with van der Waals surface area (Å²) < 4.78 is 11.7. The van der Waals surface area contributed by atoms with Crippen LogP contribution in [-0.4, -0.2) is 69.6 Å². The van der Waals surface area contributed by atoms with E-state index in [0.717, 1.165) is 30.8 Å². The maximum atomic E-state index is 13.9. The minimum Gasteiger partial charge on any atom is -0.394 e. The van der Waals surface area contributed by atoms with Gasteiger partial charge in [-0.05, 0) is 91.4 Å². The van der Waals surface area contributed by atoms with Crippen LogP contribution in [0.4, 0.5) is 0 Å². The van der Waals surface area contributed by atoms with Crippen LogP contribution < -0.4 is 0 Å². The smallest absolute Gasteiger partial charge is 0.186 e. The monoisotopic (exact) mass is 562 g/mol. The van der Waals surface area contributed by atoms with Crippen molar-refractivity contribution in [1.82, 2.24) is 0 Å². The highest BCUT2D eigenvalue weighted by Crippen LogP contribution is 2.66. The van der Waals surface area contributed by atoms with Gasteiger partial charge in [-0.1, -0.05) is 59.5 Å². The van der Waals surface area contributed by atoms with E-state index < -0.39 is 37.3 Å². The van der Waals surface area contributed by atoms with Gasteiger partial charge in [0.05, 0.1) is 12.7 Å². The molecule has 0 amide bonds. The molecule has 1 aliphatic heterocycles. The van der Waals surface area contributed by atoms with Crippen molar-refractivity contribution in [2.24, 2.45) is 46.3 Å². The molecule has 7 nitrogen and oxygen atoms in total. The van der Waals surface area contributed by atoms with Gasteiger partial charge in [-0.2, -0.15) is 0 Å². The van der Waals surface area contributed by atoms with E-state index in [9.17, 15) is 25.2 Å². The zero-order valence-corrected chi connectivity index (χ0v) is 25.3. The third-order valence-electron chi connectivity index (χ3n) is 12.3. The standard InChI is InChI=1S/C33H54O7/c1-18(2)7-6-8-19(3)22-9-10-23-27-24(12-14-33(22,23)5)32(4)13-11-21(15-20(32)16-25(27)35)39-31-30(38)29(37)28(36)26(17-34)40-31/h16,18-19,21-24,26-31,34,36-38H,6-15,17H2,1-5H3/t19-,21+,22-,23+,24+,26-,27+,28+,29+,30+,31+,32+,33-/m1/s1. The van der Waals surface area contributed by atoms with Crippen LogP contribution in [0.2, 0.25) is 0 Å². The molecule has 4 N–H and O–H groups in total. The SMILES string of the molecule is CC(C)CCC[C@@H](C)[C@H]1CC[C@H]2[C@@H]3C(=O)C=C4C[C@@H](O[C@H]5O[C@H](CO)[C@H](O)[C@H](O)[C@@H]5O)CC[C@]4(C)[C@H]3CC[C@]12C. The average molecular weight is 563 g/mol. The molecular weight excluding hydrogens is 508 g/mol. The van der Waals surface area contributed by atoms with E-state index in [1.165, 1.54) is 38.5 Å². The van der Waals surface area contributed by atoms with Crippen LogP contribution >= 0.6 is 0 Å². The van der Waals surface area contributed by atoms with Crippen LogP contribution in [0.25, 0.3) is 0 Å². The van der Waals surface area contributed by atoms with E-state index in [-0.39, 0.29) is 22.9 Å². The zero-order chi connectivity index (χ0) is 29.0. The Balaban J connectivity index is 1.28. The second-order valence-corrected chi connectivity index (χ2v) is 15.0. The number of aliphatic hydroxyl groups is 4. The van der Waals surface area contributed by atoms with E-state index in [2.05, 4.69) is 34.6 Å². The van der Waals surface area contributed by atoms with Crippen molar-refractivity contribution in [3.8, 4) is 0 Å². The molecule has 7 heteroatoms. The van der Waals surface area contributed by atoms with E-state index >= 15 is 0 Å².